The molecule has 0 radical (unpaired) electrons. The van der Waals surface area contributed by atoms with E-state index in [-0.39, 0.29) is 18.3 Å². The first-order valence-corrected chi connectivity index (χ1v) is 8.90. The first-order chi connectivity index (χ1) is 10.4. The Labute approximate surface area is 145 Å². The van der Waals surface area contributed by atoms with Crippen LogP contribution in [0.1, 0.15) is 45.9 Å². The molecular formula is C15H24ClN3O3S. The average molecular weight is 362 g/mol. The van der Waals surface area contributed by atoms with Crippen LogP contribution >= 0.6 is 11.6 Å². The minimum absolute atomic E-state index is 0.00797. The number of fused-ring (bicyclic) bond motifs is 1. The molecule has 2 rings (SSSR count). The molecule has 1 aliphatic rings. The molecule has 1 aromatic heterocycles. The van der Waals surface area contributed by atoms with E-state index >= 15 is 0 Å². The van der Waals surface area contributed by atoms with Crippen molar-refractivity contribution in [1.29, 1.82) is 0 Å². The zero-order valence-electron chi connectivity index (χ0n) is 14.1. The topological polar surface area (TPSA) is 103 Å². The van der Waals surface area contributed by atoms with Crippen LogP contribution in [-0.2, 0) is 22.5 Å². The number of nitrogens with zero attached hydrogens (tertiary/aromatic N) is 1. The number of hydrogen-bond acceptors (Lipinski definition) is 6. The van der Waals surface area contributed by atoms with E-state index < -0.39 is 27.2 Å². The van der Waals surface area contributed by atoms with Gasteiger partial charge in [0.15, 0.2) is 10.9 Å². The number of nitrogens with one attached hydrogen (secondary N) is 1. The lowest BCUT2D eigenvalue weighted by molar-refractivity contribution is 0.0621. The largest absolute Gasteiger partial charge is 0.598 e. The van der Waals surface area contributed by atoms with Crippen LogP contribution < -0.4 is 15.2 Å². The summed E-state index contributed by atoms with van der Waals surface area (Å²) < 4.78 is 20.8. The van der Waals surface area contributed by atoms with Crippen LogP contribution in [0.5, 0.6) is 5.75 Å². The molecule has 0 amide bonds. The maximum absolute atomic E-state index is 12.5. The van der Waals surface area contributed by atoms with Crippen LogP contribution in [-0.4, -0.2) is 32.5 Å². The molecule has 0 fully saturated rings. The molecule has 1 aromatic rings. The third-order valence-electron chi connectivity index (χ3n) is 3.85. The smallest absolute Gasteiger partial charge is 0.171 e. The summed E-state index contributed by atoms with van der Waals surface area (Å²) >= 11 is 4.91. The van der Waals surface area contributed by atoms with Gasteiger partial charge in [0.05, 0.1) is 5.69 Å². The molecule has 4 N–H and O–H groups in total. The molecule has 3 atom stereocenters. The summed E-state index contributed by atoms with van der Waals surface area (Å²) in [5.41, 5.74) is 4.70. The van der Waals surface area contributed by atoms with Crippen LogP contribution in [0, 0.1) is 0 Å². The third-order valence-corrected chi connectivity index (χ3v) is 5.86. The van der Waals surface area contributed by atoms with Gasteiger partial charge in [0.2, 0.25) is 0 Å². The van der Waals surface area contributed by atoms with Crippen molar-refractivity contribution in [1.82, 2.24) is 9.71 Å². The first kappa shape index (κ1) is 18.8. The second-order valence-electron chi connectivity index (χ2n) is 7.26. The number of rotatable bonds is 4. The zero-order valence-corrected chi connectivity index (χ0v) is 15.6. The Bertz CT molecular complexity index is 606. The summed E-state index contributed by atoms with van der Waals surface area (Å²) in [6.07, 6.45) is 0. The van der Waals surface area contributed by atoms with Crippen molar-refractivity contribution in [2.24, 2.45) is 5.73 Å². The molecule has 2 heterocycles. The second kappa shape index (κ2) is 6.06. The summed E-state index contributed by atoms with van der Waals surface area (Å²) in [4.78, 5) is 4.19. The van der Waals surface area contributed by atoms with E-state index in [9.17, 15) is 9.66 Å². The molecule has 1 unspecified atom stereocenters. The number of ether oxygens (including phenoxy) is 1. The van der Waals surface area contributed by atoms with Gasteiger partial charge < -0.3 is 20.1 Å². The molecule has 8 heteroatoms. The Balaban J connectivity index is 2.45. The number of hydrogen-bond donors (Lipinski definition) is 3. The highest BCUT2D eigenvalue weighted by Gasteiger charge is 2.45. The van der Waals surface area contributed by atoms with Crippen molar-refractivity contribution in [3.63, 3.8) is 0 Å². The predicted octanol–water partition coefficient (Wildman–Crippen LogP) is 1.56. The molecule has 0 aromatic carbocycles. The predicted molar refractivity (Wildman–Crippen MR) is 91.8 cm³/mol. The Hall–Kier alpha value is -0.570. The second-order valence-corrected chi connectivity index (χ2v) is 9.58. The molecule has 0 aliphatic carbocycles. The van der Waals surface area contributed by atoms with Gasteiger partial charge in [-0.15, -0.1) is 4.72 Å². The van der Waals surface area contributed by atoms with E-state index in [0.29, 0.717) is 11.4 Å². The van der Waals surface area contributed by atoms with Crippen LogP contribution in [0.15, 0.2) is 6.07 Å². The fraction of sp³-hybridized carbons (Fsp3) is 0.667. The van der Waals surface area contributed by atoms with Crippen LogP contribution in [0.2, 0.25) is 5.15 Å². The molecule has 0 saturated heterocycles. The number of nitrogens with two attached hydrogens (primary N) is 1. The lowest BCUT2D eigenvalue weighted by Crippen LogP contribution is -2.50. The van der Waals surface area contributed by atoms with Gasteiger partial charge in [-0.3, -0.25) is 0 Å². The van der Waals surface area contributed by atoms with Crippen molar-refractivity contribution in [3.8, 4) is 5.75 Å². The van der Waals surface area contributed by atoms with Gasteiger partial charge in [-0.05, 0) is 40.7 Å². The SMILES string of the molecule is CC(C)(C)[S+]([O-])N[C@]1(C)COc2c1cc([C@](C)(O)CN)nc2Cl. The Morgan fingerprint density at radius 3 is 2.65 bits per heavy atom. The monoisotopic (exact) mass is 361 g/mol. The molecule has 0 saturated carbocycles. The minimum atomic E-state index is -1.30. The Kier molecular flexibility index (Phi) is 4.94. The van der Waals surface area contributed by atoms with E-state index in [2.05, 4.69) is 9.71 Å². The molecule has 0 spiro atoms. The minimum Gasteiger partial charge on any atom is -0.598 e. The highest BCUT2D eigenvalue weighted by atomic mass is 35.5. The fourth-order valence-electron chi connectivity index (χ4n) is 2.17. The van der Waals surface area contributed by atoms with Crippen molar-refractivity contribution in [2.45, 2.75) is 50.5 Å². The molecule has 6 nitrogen and oxygen atoms in total. The molecular weight excluding hydrogens is 338 g/mol. The number of aromatic nitrogens is 1. The van der Waals surface area contributed by atoms with Gasteiger partial charge in [0, 0.05) is 23.5 Å². The van der Waals surface area contributed by atoms with Gasteiger partial charge in [-0.2, -0.15) is 0 Å². The van der Waals surface area contributed by atoms with E-state index in [0.717, 1.165) is 5.56 Å². The standard InChI is InChI=1S/C15H24ClN3O3S/c1-13(2,3)23(21)19-14(4)8-22-11-9(14)6-10(18-12(11)16)15(5,20)7-17/h6,19-20H,7-8,17H2,1-5H3/t14-,15-,23?/m1/s1. The number of aliphatic hydroxyl groups is 1. The summed E-state index contributed by atoms with van der Waals surface area (Å²) in [6.45, 7) is 9.42. The highest BCUT2D eigenvalue weighted by Crippen LogP contribution is 2.43. The lowest BCUT2D eigenvalue weighted by atomic mass is 9.92. The molecule has 0 bridgehead atoms. The third kappa shape index (κ3) is 3.60. The number of pyridine rings is 1. The summed E-state index contributed by atoms with van der Waals surface area (Å²) in [6, 6.07) is 1.72. The Morgan fingerprint density at radius 1 is 1.52 bits per heavy atom. The molecule has 130 valence electrons. The van der Waals surface area contributed by atoms with Crippen molar-refractivity contribution in [3.05, 3.63) is 22.5 Å². The van der Waals surface area contributed by atoms with Gasteiger partial charge in [-0.1, -0.05) is 11.6 Å². The summed E-state index contributed by atoms with van der Waals surface area (Å²) in [7, 11) is 0. The normalized spacial score (nSPS) is 24.7. The Morgan fingerprint density at radius 2 is 2.13 bits per heavy atom. The van der Waals surface area contributed by atoms with Crippen molar-refractivity contribution in [2.75, 3.05) is 13.2 Å². The quantitative estimate of drug-likeness (QED) is 0.555. The van der Waals surface area contributed by atoms with Crippen LogP contribution in [0.3, 0.4) is 0 Å². The van der Waals surface area contributed by atoms with Gasteiger partial charge in [0.25, 0.3) is 0 Å². The van der Waals surface area contributed by atoms with E-state index in [4.69, 9.17) is 22.1 Å². The van der Waals surface area contributed by atoms with E-state index in [1.807, 2.05) is 27.7 Å². The van der Waals surface area contributed by atoms with Gasteiger partial charge in [0.1, 0.15) is 22.5 Å². The van der Waals surface area contributed by atoms with E-state index in [1.165, 1.54) is 0 Å². The van der Waals surface area contributed by atoms with Crippen LogP contribution in [0.25, 0.3) is 0 Å². The van der Waals surface area contributed by atoms with E-state index in [1.54, 1.807) is 13.0 Å². The van der Waals surface area contributed by atoms with Crippen molar-refractivity contribution < 1.29 is 14.4 Å². The maximum Gasteiger partial charge on any atom is 0.171 e. The van der Waals surface area contributed by atoms with Crippen LogP contribution in [0.4, 0.5) is 0 Å². The van der Waals surface area contributed by atoms with Gasteiger partial charge in [-0.25, -0.2) is 4.98 Å². The number of halogens is 1. The van der Waals surface area contributed by atoms with Crippen molar-refractivity contribution >= 4 is 23.0 Å². The fourth-order valence-corrected chi connectivity index (χ4v) is 3.30. The zero-order chi connectivity index (χ0) is 17.6. The summed E-state index contributed by atoms with van der Waals surface area (Å²) in [5.74, 6) is 0.448. The first-order valence-electron chi connectivity index (χ1n) is 7.37. The molecule has 23 heavy (non-hydrogen) atoms. The average Bonchev–Trinajstić information content (AvgIpc) is 2.76. The molecule has 1 aliphatic heterocycles. The van der Waals surface area contributed by atoms with Gasteiger partial charge >= 0.3 is 0 Å². The summed E-state index contributed by atoms with van der Waals surface area (Å²) in [5, 5.41) is 10.5. The maximum atomic E-state index is 12.5. The highest BCUT2D eigenvalue weighted by molar-refractivity contribution is 7.90. The lowest BCUT2D eigenvalue weighted by Gasteiger charge is -2.31.